The minimum Gasteiger partial charge on any atom is -0.495 e. The molecule has 1 aliphatic rings. The van der Waals surface area contributed by atoms with Crippen LogP contribution in [0.3, 0.4) is 0 Å². The molecule has 0 saturated heterocycles. The van der Waals surface area contributed by atoms with E-state index in [1.807, 2.05) is 18.2 Å². The Hall–Kier alpha value is -1.48. The van der Waals surface area contributed by atoms with Gasteiger partial charge in [-0.15, -0.1) is 0 Å². The molecule has 1 unspecified atom stereocenters. The molecule has 0 radical (unpaired) electrons. The first-order valence-corrected chi connectivity index (χ1v) is 5.17. The molecule has 1 atom stereocenters. The zero-order chi connectivity index (χ0) is 10.4. The van der Waals surface area contributed by atoms with Crippen molar-refractivity contribution in [3.8, 4) is 5.75 Å². The number of aromatic nitrogens is 1. The third-order valence-electron chi connectivity index (χ3n) is 3.14. The summed E-state index contributed by atoms with van der Waals surface area (Å²) in [6.45, 7) is 0. The van der Waals surface area contributed by atoms with E-state index in [4.69, 9.17) is 4.74 Å². The van der Waals surface area contributed by atoms with Crippen LogP contribution in [0, 0.1) is 0 Å². The fourth-order valence-electron chi connectivity index (χ4n) is 2.44. The number of hydrogen-bond donors (Lipinski definition) is 2. The van der Waals surface area contributed by atoms with Gasteiger partial charge in [-0.25, -0.2) is 0 Å². The number of aryl methyl sites for hydroxylation is 1. The zero-order valence-electron chi connectivity index (χ0n) is 8.58. The van der Waals surface area contributed by atoms with Gasteiger partial charge in [0.2, 0.25) is 0 Å². The van der Waals surface area contributed by atoms with Crippen molar-refractivity contribution in [2.75, 3.05) is 7.11 Å². The highest BCUT2D eigenvalue weighted by Gasteiger charge is 2.25. The number of rotatable bonds is 1. The first kappa shape index (κ1) is 8.80. The number of methoxy groups -OCH3 is 1. The summed E-state index contributed by atoms with van der Waals surface area (Å²) in [7, 11) is 1.66. The number of hydrogen-bond acceptors (Lipinski definition) is 2. The van der Waals surface area contributed by atoms with Gasteiger partial charge in [-0.2, -0.15) is 0 Å². The molecule has 0 fully saturated rings. The summed E-state index contributed by atoms with van der Waals surface area (Å²) < 4.78 is 5.29. The average Bonchev–Trinajstić information content (AvgIpc) is 2.78. The maximum atomic E-state index is 9.87. The van der Waals surface area contributed by atoms with Crippen molar-refractivity contribution in [3.63, 3.8) is 0 Å². The average molecular weight is 203 g/mol. The fraction of sp³-hybridized carbons (Fsp3) is 0.333. The summed E-state index contributed by atoms with van der Waals surface area (Å²) in [6.07, 6.45) is 1.43. The molecule has 0 spiro atoms. The molecule has 3 heteroatoms. The van der Waals surface area contributed by atoms with E-state index in [9.17, 15) is 5.11 Å². The Morgan fingerprint density at radius 3 is 3.13 bits per heavy atom. The Morgan fingerprint density at radius 1 is 1.47 bits per heavy atom. The van der Waals surface area contributed by atoms with Gasteiger partial charge < -0.3 is 14.8 Å². The highest BCUT2D eigenvalue weighted by atomic mass is 16.5. The second kappa shape index (κ2) is 3.00. The molecule has 1 aromatic heterocycles. The minimum atomic E-state index is -0.319. The van der Waals surface area contributed by atoms with Crippen molar-refractivity contribution >= 4 is 10.9 Å². The second-order valence-corrected chi connectivity index (χ2v) is 3.95. The molecule has 0 amide bonds. The molecule has 1 heterocycles. The van der Waals surface area contributed by atoms with Crippen LogP contribution in [0.25, 0.3) is 10.9 Å². The topological polar surface area (TPSA) is 45.2 Å². The van der Waals surface area contributed by atoms with Crippen molar-refractivity contribution in [1.82, 2.24) is 4.98 Å². The van der Waals surface area contributed by atoms with Crippen LogP contribution in [-0.2, 0) is 6.42 Å². The van der Waals surface area contributed by atoms with E-state index in [2.05, 4.69) is 4.98 Å². The van der Waals surface area contributed by atoms with Crippen LogP contribution in [-0.4, -0.2) is 17.2 Å². The molecular formula is C12H13NO2. The third-order valence-corrected chi connectivity index (χ3v) is 3.14. The number of nitrogens with one attached hydrogen (secondary N) is 1. The monoisotopic (exact) mass is 203 g/mol. The van der Waals surface area contributed by atoms with Gasteiger partial charge in [0.25, 0.3) is 0 Å². The van der Waals surface area contributed by atoms with Crippen LogP contribution in [0.5, 0.6) is 5.75 Å². The predicted molar refractivity (Wildman–Crippen MR) is 58.1 cm³/mol. The van der Waals surface area contributed by atoms with Gasteiger partial charge in [0, 0.05) is 16.6 Å². The van der Waals surface area contributed by atoms with Gasteiger partial charge >= 0.3 is 0 Å². The van der Waals surface area contributed by atoms with Gasteiger partial charge in [0.15, 0.2) is 0 Å². The summed E-state index contributed by atoms with van der Waals surface area (Å²) in [6, 6.07) is 5.92. The minimum absolute atomic E-state index is 0.319. The van der Waals surface area contributed by atoms with E-state index in [0.717, 1.165) is 40.8 Å². The summed E-state index contributed by atoms with van der Waals surface area (Å²) in [4.78, 5) is 3.34. The Labute approximate surface area is 87.7 Å². The molecule has 2 N–H and O–H groups in total. The molecule has 0 aliphatic heterocycles. The summed E-state index contributed by atoms with van der Waals surface area (Å²) in [5.41, 5.74) is 3.22. The molecule has 3 nitrogen and oxygen atoms in total. The van der Waals surface area contributed by atoms with E-state index in [1.54, 1.807) is 7.11 Å². The first-order chi connectivity index (χ1) is 7.31. The molecule has 0 saturated carbocycles. The second-order valence-electron chi connectivity index (χ2n) is 3.95. The van der Waals surface area contributed by atoms with Crippen LogP contribution in [0.2, 0.25) is 0 Å². The Morgan fingerprint density at radius 2 is 2.33 bits per heavy atom. The number of aromatic amines is 1. The maximum absolute atomic E-state index is 9.87. The molecular weight excluding hydrogens is 190 g/mol. The number of aliphatic hydroxyl groups is 1. The standard InChI is InChI=1S/C12H13NO2/c1-15-10-4-2-3-7-11-8(13-12(7)10)5-6-9(11)14/h2-4,9,13-14H,5-6H2,1H3. The van der Waals surface area contributed by atoms with Gasteiger partial charge in [0.05, 0.1) is 18.7 Å². The van der Waals surface area contributed by atoms with Crippen LogP contribution < -0.4 is 4.74 Å². The molecule has 1 aromatic carbocycles. The highest BCUT2D eigenvalue weighted by Crippen LogP contribution is 2.39. The molecule has 78 valence electrons. The van der Waals surface area contributed by atoms with Gasteiger partial charge in [0.1, 0.15) is 5.75 Å². The van der Waals surface area contributed by atoms with E-state index in [-0.39, 0.29) is 6.10 Å². The number of aliphatic hydroxyl groups excluding tert-OH is 1. The van der Waals surface area contributed by atoms with Crippen LogP contribution in [0.1, 0.15) is 23.8 Å². The first-order valence-electron chi connectivity index (χ1n) is 5.17. The highest BCUT2D eigenvalue weighted by molar-refractivity contribution is 5.90. The SMILES string of the molecule is COc1cccc2c3c([nH]c12)CCC3O. The van der Waals surface area contributed by atoms with Crippen molar-refractivity contribution in [1.29, 1.82) is 0 Å². The lowest BCUT2D eigenvalue weighted by atomic mass is 10.1. The summed E-state index contributed by atoms with van der Waals surface area (Å²) in [5.74, 6) is 0.842. The quantitative estimate of drug-likeness (QED) is 0.746. The van der Waals surface area contributed by atoms with Crippen molar-refractivity contribution in [3.05, 3.63) is 29.5 Å². The van der Waals surface area contributed by atoms with Crippen LogP contribution >= 0.6 is 0 Å². The van der Waals surface area contributed by atoms with Crippen LogP contribution in [0.4, 0.5) is 0 Å². The number of fused-ring (bicyclic) bond motifs is 3. The number of ether oxygens (including phenoxy) is 1. The van der Waals surface area contributed by atoms with Crippen molar-refractivity contribution in [2.45, 2.75) is 18.9 Å². The van der Waals surface area contributed by atoms with E-state index >= 15 is 0 Å². The lowest BCUT2D eigenvalue weighted by Crippen LogP contribution is -1.89. The fourth-order valence-corrected chi connectivity index (χ4v) is 2.44. The molecule has 3 rings (SSSR count). The maximum Gasteiger partial charge on any atom is 0.142 e. The largest absolute Gasteiger partial charge is 0.495 e. The Kier molecular flexibility index (Phi) is 1.76. The van der Waals surface area contributed by atoms with E-state index in [0.29, 0.717) is 0 Å². The molecule has 15 heavy (non-hydrogen) atoms. The van der Waals surface area contributed by atoms with Crippen LogP contribution in [0.15, 0.2) is 18.2 Å². The zero-order valence-corrected chi connectivity index (χ0v) is 8.58. The molecule has 0 bridgehead atoms. The lowest BCUT2D eigenvalue weighted by Gasteiger charge is -2.04. The van der Waals surface area contributed by atoms with Crippen molar-refractivity contribution < 1.29 is 9.84 Å². The number of benzene rings is 1. The smallest absolute Gasteiger partial charge is 0.142 e. The third kappa shape index (κ3) is 1.10. The van der Waals surface area contributed by atoms with E-state index in [1.165, 1.54) is 0 Å². The Balaban J connectivity index is 2.35. The van der Waals surface area contributed by atoms with E-state index < -0.39 is 0 Å². The molecule has 1 aliphatic carbocycles. The van der Waals surface area contributed by atoms with Gasteiger partial charge in [-0.3, -0.25) is 0 Å². The van der Waals surface area contributed by atoms with Gasteiger partial charge in [-0.05, 0) is 18.9 Å². The normalized spacial score (nSPS) is 19.5. The summed E-state index contributed by atoms with van der Waals surface area (Å²) in [5, 5.41) is 11.0. The summed E-state index contributed by atoms with van der Waals surface area (Å²) >= 11 is 0. The van der Waals surface area contributed by atoms with Gasteiger partial charge in [-0.1, -0.05) is 12.1 Å². The molecule has 2 aromatic rings. The number of para-hydroxylation sites is 1. The lowest BCUT2D eigenvalue weighted by molar-refractivity contribution is 0.181. The predicted octanol–water partition coefficient (Wildman–Crippen LogP) is 2.16. The Bertz CT molecular complexity index is 516. The van der Waals surface area contributed by atoms with Crippen molar-refractivity contribution in [2.24, 2.45) is 0 Å². The number of H-pyrrole nitrogens is 1.